The highest BCUT2D eigenvalue weighted by atomic mass is 16.2. The van der Waals surface area contributed by atoms with Gasteiger partial charge < -0.3 is 10.2 Å². The smallest absolute Gasteiger partial charge is 0.262 e. The zero-order valence-corrected chi connectivity index (χ0v) is 12.8. The molecule has 2 heterocycles. The topological polar surface area (TPSA) is 69.7 Å². The van der Waals surface area contributed by atoms with Gasteiger partial charge in [-0.05, 0) is 26.0 Å². The molecular formula is C16H19N3O3. The Morgan fingerprint density at radius 3 is 2.73 bits per heavy atom. The zero-order chi connectivity index (χ0) is 15.9. The third-order valence-electron chi connectivity index (χ3n) is 4.24. The third kappa shape index (κ3) is 2.39. The molecule has 3 rings (SSSR count). The van der Waals surface area contributed by atoms with Gasteiger partial charge in [-0.2, -0.15) is 0 Å². The average Bonchev–Trinajstić information content (AvgIpc) is 2.72. The minimum atomic E-state index is -0.379. The Kier molecular flexibility index (Phi) is 3.70. The molecule has 1 aromatic carbocycles. The van der Waals surface area contributed by atoms with E-state index in [2.05, 4.69) is 5.32 Å². The van der Waals surface area contributed by atoms with E-state index < -0.39 is 0 Å². The first-order chi connectivity index (χ1) is 10.5. The van der Waals surface area contributed by atoms with Gasteiger partial charge >= 0.3 is 0 Å². The first-order valence-corrected chi connectivity index (χ1v) is 7.46. The molecule has 2 aliphatic rings. The molecule has 1 N–H and O–H groups in total. The van der Waals surface area contributed by atoms with Crippen LogP contribution in [-0.4, -0.2) is 59.7 Å². The summed E-state index contributed by atoms with van der Waals surface area (Å²) in [6.45, 7) is 5.70. The number of hydrogen-bond donors (Lipinski definition) is 1. The molecule has 6 heteroatoms. The number of nitrogens with zero attached hydrogens (tertiary/aromatic N) is 2. The number of carbonyl (C=O) groups excluding carboxylic acids is 3. The van der Waals surface area contributed by atoms with E-state index in [1.54, 1.807) is 23.1 Å². The molecule has 0 radical (unpaired) electrons. The molecule has 1 fully saturated rings. The molecule has 1 aromatic rings. The van der Waals surface area contributed by atoms with Gasteiger partial charge in [-0.25, -0.2) is 0 Å². The van der Waals surface area contributed by atoms with E-state index in [1.165, 1.54) is 0 Å². The number of fused-ring (bicyclic) bond motifs is 1. The standard InChI is InChI=1S/C16H19N3O3/c1-10-3-4-12-13(7-10)16(22)19(15(12)21)9-14(20)18-6-5-17-8-11(18)2/h3-4,7,11,17H,5-6,8-9H2,1-2H3. The van der Waals surface area contributed by atoms with E-state index in [0.717, 1.165) is 23.6 Å². The van der Waals surface area contributed by atoms with Crippen molar-refractivity contribution in [2.75, 3.05) is 26.2 Å². The Bertz CT molecular complexity index is 656. The van der Waals surface area contributed by atoms with Crippen molar-refractivity contribution in [1.29, 1.82) is 0 Å². The van der Waals surface area contributed by atoms with Gasteiger partial charge in [-0.15, -0.1) is 0 Å². The highest BCUT2D eigenvalue weighted by Crippen LogP contribution is 2.24. The first-order valence-electron chi connectivity index (χ1n) is 7.46. The van der Waals surface area contributed by atoms with Crippen LogP contribution in [0.25, 0.3) is 0 Å². The lowest BCUT2D eigenvalue weighted by Gasteiger charge is -2.34. The molecule has 0 aromatic heterocycles. The van der Waals surface area contributed by atoms with E-state index >= 15 is 0 Å². The summed E-state index contributed by atoms with van der Waals surface area (Å²) in [4.78, 5) is 39.9. The van der Waals surface area contributed by atoms with Crippen LogP contribution in [0, 0.1) is 6.92 Å². The Morgan fingerprint density at radius 1 is 1.27 bits per heavy atom. The normalized spacial score (nSPS) is 21.3. The molecule has 0 spiro atoms. The summed E-state index contributed by atoms with van der Waals surface area (Å²) in [6, 6.07) is 5.22. The Labute approximate surface area is 129 Å². The summed E-state index contributed by atoms with van der Waals surface area (Å²) >= 11 is 0. The van der Waals surface area contributed by atoms with Gasteiger partial charge in [0.2, 0.25) is 5.91 Å². The maximum absolute atomic E-state index is 12.4. The van der Waals surface area contributed by atoms with Crippen LogP contribution in [0.4, 0.5) is 0 Å². The number of hydrogen-bond acceptors (Lipinski definition) is 4. The van der Waals surface area contributed by atoms with Crippen molar-refractivity contribution in [2.45, 2.75) is 19.9 Å². The van der Waals surface area contributed by atoms with Crippen LogP contribution in [0.5, 0.6) is 0 Å². The molecule has 0 aliphatic carbocycles. The van der Waals surface area contributed by atoms with Crippen molar-refractivity contribution in [3.05, 3.63) is 34.9 Å². The number of benzene rings is 1. The number of rotatable bonds is 2. The number of amides is 3. The van der Waals surface area contributed by atoms with E-state index in [0.29, 0.717) is 17.7 Å². The Hall–Kier alpha value is -2.21. The highest BCUT2D eigenvalue weighted by molar-refractivity contribution is 6.22. The number of nitrogens with one attached hydrogen (secondary N) is 1. The van der Waals surface area contributed by atoms with Crippen molar-refractivity contribution in [3.63, 3.8) is 0 Å². The summed E-state index contributed by atoms with van der Waals surface area (Å²) < 4.78 is 0. The minimum Gasteiger partial charge on any atom is -0.336 e. The summed E-state index contributed by atoms with van der Waals surface area (Å²) in [5.74, 6) is -0.934. The van der Waals surface area contributed by atoms with Gasteiger partial charge in [0.15, 0.2) is 0 Å². The van der Waals surface area contributed by atoms with Gasteiger partial charge in [0.05, 0.1) is 11.1 Å². The van der Waals surface area contributed by atoms with Crippen LogP contribution in [-0.2, 0) is 4.79 Å². The molecule has 1 atom stereocenters. The summed E-state index contributed by atoms with van der Waals surface area (Å²) in [5, 5.41) is 3.21. The lowest BCUT2D eigenvalue weighted by atomic mass is 10.1. The van der Waals surface area contributed by atoms with Crippen LogP contribution in [0.3, 0.4) is 0 Å². The molecule has 1 saturated heterocycles. The van der Waals surface area contributed by atoms with E-state index in [9.17, 15) is 14.4 Å². The number of imide groups is 1. The van der Waals surface area contributed by atoms with Crippen molar-refractivity contribution < 1.29 is 14.4 Å². The maximum atomic E-state index is 12.4. The number of carbonyl (C=O) groups is 3. The van der Waals surface area contributed by atoms with Crippen molar-refractivity contribution in [3.8, 4) is 0 Å². The minimum absolute atomic E-state index is 0.0682. The molecule has 2 aliphatic heterocycles. The summed E-state index contributed by atoms with van der Waals surface area (Å²) in [5.41, 5.74) is 1.70. The lowest BCUT2D eigenvalue weighted by molar-refractivity contribution is -0.134. The fourth-order valence-corrected chi connectivity index (χ4v) is 2.99. The number of aryl methyl sites for hydroxylation is 1. The fourth-order valence-electron chi connectivity index (χ4n) is 2.99. The molecular weight excluding hydrogens is 282 g/mol. The van der Waals surface area contributed by atoms with Gasteiger partial charge in [0.1, 0.15) is 6.54 Å². The summed E-state index contributed by atoms with van der Waals surface area (Å²) in [6.07, 6.45) is 0. The fraction of sp³-hybridized carbons (Fsp3) is 0.438. The predicted octanol–water partition coefficient (Wildman–Crippen LogP) is 0.411. The second-order valence-corrected chi connectivity index (χ2v) is 5.89. The average molecular weight is 301 g/mol. The van der Waals surface area contributed by atoms with Crippen LogP contribution in [0.15, 0.2) is 18.2 Å². The Balaban J connectivity index is 1.78. The van der Waals surface area contributed by atoms with Crippen LogP contribution in [0.1, 0.15) is 33.2 Å². The monoisotopic (exact) mass is 301 g/mol. The molecule has 116 valence electrons. The molecule has 0 bridgehead atoms. The largest absolute Gasteiger partial charge is 0.336 e. The zero-order valence-electron chi connectivity index (χ0n) is 12.8. The van der Waals surface area contributed by atoms with Crippen LogP contribution < -0.4 is 5.32 Å². The van der Waals surface area contributed by atoms with Gasteiger partial charge in [-0.3, -0.25) is 19.3 Å². The second-order valence-electron chi connectivity index (χ2n) is 5.89. The molecule has 1 unspecified atom stereocenters. The molecule has 3 amide bonds. The third-order valence-corrected chi connectivity index (χ3v) is 4.24. The molecule has 22 heavy (non-hydrogen) atoms. The van der Waals surface area contributed by atoms with E-state index in [-0.39, 0.29) is 30.3 Å². The maximum Gasteiger partial charge on any atom is 0.262 e. The first kappa shape index (κ1) is 14.7. The van der Waals surface area contributed by atoms with Crippen molar-refractivity contribution >= 4 is 17.7 Å². The van der Waals surface area contributed by atoms with Gasteiger partial charge in [-0.1, -0.05) is 11.6 Å². The van der Waals surface area contributed by atoms with E-state index in [1.807, 2.05) is 13.8 Å². The van der Waals surface area contributed by atoms with Gasteiger partial charge in [0, 0.05) is 25.7 Å². The van der Waals surface area contributed by atoms with Crippen LogP contribution in [0.2, 0.25) is 0 Å². The molecule has 0 saturated carbocycles. The SMILES string of the molecule is Cc1ccc2c(c1)C(=O)N(CC(=O)N1CCNCC1C)C2=O. The lowest BCUT2D eigenvalue weighted by Crippen LogP contribution is -2.55. The second kappa shape index (κ2) is 5.53. The van der Waals surface area contributed by atoms with Crippen LogP contribution >= 0.6 is 0 Å². The number of piperazine rings is 1. The van der Waals surface area contributed by atoms with Crippen molar-refractivity contribution in [1.82, 2.24) is 15.1 Å². The quantitative estimate of drug-likeness (QED) is 0.803. The highest BCUT2D eigenvalue weighted by Gasteiger charge is 2.38. The van der Waals surface area contributed by atoms with Gasteiger partial charge in [0.25, 0.3) is 11.8 Å². The Morgan fingerprint density at radius 2 is 2.00 bits per heavy atom. The molecule has 6 nitrogen and oxygen atoms in total. The summed E-state index contributed by atoms with van der Waals surface area (Å²) in [7, 11) is 0. The van der Waals surface area contributed by atoms with E-state index in [4.69, 9.17) is 0 Å². The van der Waals surface area contributed by atoms with Crippen molar-refractivity contribution in [2.24, 2.45) is 0 Å². The predicted molar refractivity (Wildman–Crippen MR) is 80.6 cm³/mol.